The van der Waals surface area contributed by atoms with Gasteiger partial charge in [-0.3, -0.25) is 4.79 Å². The van der Waals surface area contributed by atoms with Crippen LogP contribution in [0.5, 0.6) is 0 Å². The highest BCUT2D eigenvalue weighted by Gasteiger charge is 2.23. The molecule has 1 aliphatic heterocycles. The normalized spacial score (nSPS) is 22.5. The zero-order chi connectivity index (χ0) is 7.40. The van der Waals surface area contributed by atoms with E-state index < -0.39 is 0 Å². The number of carbonyl (C=O) groups is 1. The lowest BCUT2D eigenvalue weighted by molar-refractivity contribution is -0.146. The summed E-state index contributed by atoms with van der Waals surface area (Å²) in [5.41, 5.74) is 2.57. The number of hydroxylamine groups is 1. The molecule has 0 radical (unpaired) electrons. The summed E-state index contributed by atoms with van der Waals surface area (Å²) >= 11 is 0. The van der Waals surface area contributed by atoms with Gasteiger partial charge < -0.3 is 9.57 Å². The lowest BCUT2D eigenvalue weighted by Gasteiger charge is -2.05. The summed E-state index contributed by atoms with van der Waals surface area (Å²) in [7, 11) is 0. The van der Waals surface area contributed by atoms with Crippen LogP contribution >= 0.6 is 12.4 Å². The van der Waals surface area contributed by atoms with E-state index in [0.29, 0.717) is 19.6 Å². The van der Waals surface area contributed by atoms with Crippen LogP contribution in [0.4, 0.5) is 0 Å². The number of hydrogen-bond donors (Lipinski definition) is 1. The van der Waals surface area contributed by atoms with E-state index >= 15 is 0 Å². The first-order valence-corrected chi connectivity index (χ1v) is 3.38. The van der Waals surface area contributed by atoms with Crippen LogP contribution in [0.3, 0.4) is 0 Å². The lowest BCUT2D eigenvalue weighted by Crippen LogP contribution is -2.31. The summed E-state index contributed by atoms with van der Waals surface area (Å²) < 4.78 is 4.74. The molecule has 1 atom stereocenters. The van der Waals surface area contributed by atoms with Crippen LogP contribution < -0.4 is 5.48 Å². The molecule has 4 nitrogen and oxygen atoms in total. The zero-order valence-corrected chi connectivity index (χ0v) is 7.15. The first-order chi connectivity index (χ1) is 4.84. The molecule has 1 aliphatic rings. The summed E-state index contributed by atoms with van der Waals surface area (Å²) in [5, 5.41) is 0. The summed E-state index contributed by atoms with van der Waals surface area (Å²) in [5.74, 6) is -0.222. The second-order valence-corrected chi connectivity index (χ2v) is 2.06. The predicted molar refractivity (Wildman–Crippen MR) is 41.4 cm³/mol. The van der Waals surface area contributed by atoms with E-state index in [-0.39, 0.29) is 24.4 Å². The highest BCUT2D eigenvalue weighted by atomic mass is 35.5. The highest BCUT2D eigenvalue weighted by Crippen LogP contribution is 2.02. The maximum atomic E-state index is 10.9. The van der Waals surface area contributed by atoms with E-state index in [2.05, 4.69) is 5.48 Å². The fourth-order valence-corrected chi connectivity index (χ4v) is 0.804. The molecular formula is C6H12ClNO3. The quantitative estimate of drug-likeness (QED) is 0.621. The minimum atomic E-state index is -0.250. The van der Waals surface area contributed by atoms with Crippen LogP contribution in [0, 0.1) is 0 Å². The van der Waals surface area contributed by atoms with Gasteiger partial charge in [-0.05, 0) is 6.92 Å². The van der Waals surface area contributed by atoms with Crippen molar-refractivity contribution in [2.75, 3.05) is 13.2 Å². The molecule has 0 saturated carbocycles. The first kappa shape index (κ1) is 10.7. The molecule has 0 aromatic rings. The number of hydrogen-bond acceptors (Lipinski definition) is 4. The Morgan fingerprint density at radius 2 is 2.55 bits per heavy atom. The molecule has 1 fully saturated rings. The van der Waals surface area contributed by atoms with Crippen molar-refractivity contribution in [3.05, 3.63) is 0 Å². The third-order valence-corrected chi connectivity index (χ3v) is 1.31. The average molecular weight is 182 g/mol. The van der Waals surface area contributed by atoms with Gasteiger partial charge in [0.05, 0.1) is 13.2 Å². The van der Waals surface area contributed by atoms with E-state index in [9.17, 15) is 4.79 Å². The standard InChI is InChI=1S/C6H11NO3.ClH/c1-2-9-6(8)5-3-4-10-7-5;/h5,7H,2-4H2,1H3;1H/t5-;/m1./s1. The zero-order valence-electron chi connectivity index (χ0n) is 6.33. The third-order valence-electron chi connectivity index (χ3n) is 1.31. The smallest absolute Gasteiger partial charge is 0.325 e. The molecule has 11 heavy (non-hydrogen) atoms. The predicted octanol–water partition coefficient (Wildman–Crippen LogP) is 0.265. The van der Waals surface area contributed by atoms with E-state index in [1.807, 2.05) is 0 Å². The number of carbonyl (C=O) groups excluding carboxylic acids is 1. The molecule has 1 rings (SSSR count). The number of halogens is 1. The van der Waals surface area contributed by atoms with Crippen LogP contribution in [-0.4, -0.2) is 25.2 Å². The Labute approximate surface area is 71.6 Å². The van der Waals surface area contributed by atoms with Crippen molar-refractivity contribution in [1.82, 2.24) is 5.48 Å². The van der Waals surface area contributed by atoms with E-state index in [1.165, 1.54) is 0 Å². The van der Waals surface area contributed by atoms with E-state index in [1.54, 1.807) is 6.92 Å². The summed E-state index contributed by atoms with van der Waals surface area (Å²) in [6.45, 7) is 2.80. The SMILES string of the molecule is CCOC(=O)[C@H]1CCON1.Cl. The minimum Gasteiger partial charge on any atom is -0.465 e. The van der Waals surface area contributed by atoms with E-state index in [4.69, 9.17) is 9.57 Å². The maximum Gasteiger partial charge on any atom is 0.325 e. The molecule has 0 spiro atoms. The Kier molecular flexibility index (Phi) is 5.19. The molecule has 0 aromatic carbocycles. The molecule has 1 heterocycles. The van der Waals surface area contributed by atoms with Crippen LogP contribution in [0.15, 0.2) is 0 Å². The molecule has 1 saturated heterocycles. The van der Waals surface area contributed by atoms with Crippen molar-refractivity contribution in [3.63, 3.8) is 0 Å². The summed E-state index contributed by atoms with van der Waals surface area (Å²) in [6, 6.07) is -0.250. The average Bonchev–Trinajstić information content (AvgIpc) is 2.38. The second kappa shape index (κ2) is 5.35. The van der Waals surface area contributed by atoms with Gasteiger partial charge >= 0.3 is 5.97 Å². The Morgan fingerprint density at radius 1 is 1.82 bits per heavy atom. The molecule has 1 N–H and O–H groups in total. The van der Waals surface area contributed by atoms with E-state index in [0.717, 1.165) is 0 Å². The largest absolute Gasteiger partial charge is 0.465 e. The van der Waals surface area contributed by atoms with Crippen molar-refractivity contribution < 1.29 is 14.4 Å². The van der Waals surface area contributed by atoms with Crippen molar-refractivity contribution in [2.45, 2.75) is 19.4 Å². The van der Waals surface area contributed by atoms with Crippen LogP contribution in [0.2, 0.25) is 0 Å². The second-order valence-electron chi connectivity index (χ2n) is 2.06. The Morgan fingerprint density at radius 3 is 3.00 bits per heavy atom. The summed E-state index contributed by atoms with van der Waals surface area (Å²) in [6.07, 6.45) is 0.707. The van der Waals surface area contributed by atoms with Crippen molar-refractivity contribution in [2.24, 2.45) is 0 Å². The van der Waals surface area contributed by atoms with Crippen molar-refractivity contribution in [3.8, 4) is 0 Å². The summed E-state index contributed by atoms with van der Waals surface area (Å²) in [4.78, 5) is 15.7. The van der Waals surface area contributed by atoms with Gasteiger partial charge in [0.15, 0.2) is 0 Å². The minimum absolute atomic E-state index is 0. The molecule has 0 amide bonds. The maximum absolute atomic E-state index is 10.9. The van der Waals surface area contributed by atoms with Crippen LogP contribution in [0.1, 0.15) is 13.3 Å². The Balaban J connectivity index is 0.000001000. The van der Waals surface area contributed by atoms with Gasteiger partial charge in [0, 0.05) is 6.42 Å². The van der Waals surface area contributed by atoms with Gasteiger partial charge in [-0.15, -0.1) is 12.4 Å². The number of nitrogens with one attached hydrogen (secondary N) is 1. The molecule has 66 valence electrons. The van der Waals surface area contributed by atoms with Gasteiger partial charge in [0.25, 0.3) is 0 Å². The van der Waals surface area contributed by atoms with Crippen LogP contribution in [0.25, 0.3) is 0 Å². The molecule has 0 bridgehead atoms. The van der Waals surface area contributed by atoms with Crippen molar-refractivity contribution in [1.29, 1.82) is 0 Å². The van der Waals surface area contributed by atoms with Crippen LogP contribution in [-0.2, 0) is 14.4 Å². The monoisotopic (exact) mass is 181 g/mol. The number of esters is 1. The number of ether oxygens (including phenoxy) is 1. The van der Waals surface area contributed by atoms with Gasteiger partial charge in [-0.2, -0.15) is 5.48 Å². The Bertz CT molecular complexity index is 125. The van der Waals surface area contributed by atoms with Gasteiger partial charge in [-0.25, -0.2) is 0 Å². The number of rotatable bonds is 2. The Hall–Kier alpha value is -0.320. The highest BCUT2D eigenvalue weighted by molar-refractivity contribution is 5.85. The fraction of sp³-hybridized carbons (Fsp3) is 0.833. The molecular weight excluding hydrogens is 170 g/mol. The fourth-order valence-electron chi connectivity index (χ4n) is 0.804. The molecule has 0 aromatic heterocycles. The first-order valence-electron chi connectivity index (χ1n) is 3.38. The lowest BCUT2D eigenvalue weighted by atomic mass is 10.2. The van der Waals surface area contributed by atoms with Gasteiger partial charge in [0.1, 0.15) is 6.04 Å². The van der Waals surface area contributed by atoms with Crippen molar-refractivity contribution >= 4 is 18.4 Å². The molecule has 5 heteroatoms. The molecule has 0 aliphatic carbocycles. The van der Waals surface area contributed by atoms with Gasteiger partial charge in [0.2, 0.25) is 0 Å². The molecule has 0 unspecified atom stereocenters. The topological polar surface area (TPSA) is 47.6 Å². The third kappa shape index (κ3) is 3.05. The van der Waals surface area contributed by atoms with Gasteiger partial charge in [-0.1, -0.05) is 0 Å².